The lowest BCUT2D eigenvalue weighted by atomic mass is 9.98. The molecule has 2 aliphatic rings. The van der Waals surface area contributed by atoms with E-state index in [4.69, 9.17) is 9.47 Å². The number of hydrogen-bond donors (Lipinski definition) is 3. The van der Waals surface area contributed by atoms with Gasteiger partial charge in [-0.2, -0.15) is 0 Å². The van der Waals surface area contributed by atoms with Crippen molar-refractivity contribution in [1.29, 1.82) is 0 Å². The van der Waals surface area contributed by atoms with Crippen LogP contribution in [0.4, 0.5) is 4.79 Å². The van der Waals surface area contributed by atoms with Gasteiger partial charge in [0.05, 0.1) is 12.6 Å². The number of alkyl carbamates (subject to hydrolysis) is 1. The Balaban J connectivity index is 2.29. The average Bonchev–Trinajstić information content (AvgIpc) is 3.22. The molecule has 12 nitrogen and oxygen atoms in total. The molecule has 1 heterocycles. The van der Waals surface area contributed by atoms with Crippen molar-refractivity contribution in [2.24, 2.45) is 23.2 Å². The van der Waals surface area contributed by atoms with E-state index in [-0.39, 0.29) is 62.1 Å². The van der Waals surface area contributed by atoms with Crippen LogP contribution in [0.3, 0.4) is 0 Å². The third kappa shape index (κ3) is 9.79. The number of ketones is 1. The number of fused-ring (bicyclic) bond motifs is 1. The second-order valence-electron chi connectivity index (χ2n) is 13.4. The number of hydrogen-bond acceptors (Lipinski definition) is 8. The minimum Gasteiger partial charge on any atom is -0.460 e. The van der Waals surface area contributed by atoms with Crippen LogP contribution in [-0.4, -0.2) is 83.9 Å². The number of likely N-dealkylation sites (tertiary alicyclic amines) is 1. The molecule has 0 bridgehead atoms. The maximum absolute atomic E-state index is 14.0. The van der Waals surface area contributed by atoms with Gasteiger partial charge in [-0.3, -0.25) is 24.0 Å². The molecule has 1 saturated heterocycles. The zero-order valence-electron chi connectivity index (χ0n) is 26.9. The van der Waals surface area contributed by atoms with Crippen molar-refractivity contribution in [2.75, 3.05) is 19.7 Å². The summed E-state index contributed by atoms with van der Waals surface area (Å²) in [7, 11) is 0. The standard InChI is InChI=1S/C31H50N4O8/c1-10-12-20(25(37)27(39)32-15-11-2)33-26(38)24-23-19(31(23,8)9)16-35(24)28(40)21(34-29(41)42-17-18(3)4)13-14-22(36)43-30(5,6)7/h11,18-21,23-24H,2,10,12-17H2,1,3-9H3,(H,32,39)(H,33,38)(H,34,41). The summed E-state index contributed by atoms with van der Waals surface area (Å²) in [5.41, 5.74) is -0.944. The lowest BCUT2D eigenvalue weighted by Crippen LogP contribution is -2.58. The number of piperidine rings is 1. The van der Waals surface area contributed by atoms with Crippen LogP contribution < -0.4 is 16.0 Å². The number of Topliss-reactive ketones (excluding diaryl/α,β-unsaturated/α-hetero) is 1. The van der Waals surface area contributed by atoms with E-state index in [9.17, 15) is 28.8 Å². The zero-order valence-corrected chi connectivity index (χ0v) is 26.9. The highest BCUT2D eigenvalue weighted by Crippen LogP contribution is 2.64. The van der Waals surface area contributed by atoms with Crippen LogP contribution >= 0.6 is 0 Å². The molecule has 0 radical (unpaired) electrons. The summed E-state index contributed by atoms with van der Waals surface area (Å²) in [5, 5.41) is 7.76. The third-order valence-electron chi connectivity index (χ3n) is 7.80. The second kappa shape index (κ2) is 14.8. The lowest BCUT2D eigenvalue weighted by Gasteiger charge is -2.33. The van der Waals surface area contributed by atoms with Crippen LogP contribution in [0.1, 0.15) is 81.1 Å². The molecule has 0 aromatic carbocycles. The van der Waals surface area contributed by atoms with Gasteiger partial charge >= 0.3 is 12.1 Å². The van der Waals surface area contributed by atoms with Crippen LogP contribution in [0, 0.1) is 23.2 Å². The SMILES string of the molecule is C=CCNC(=O)C(=O)C(CCC)NC(=O)C1C2C(CN1C(=O)C(CCC(=O)OC(C)(C)C)NC(=O)OCC(C)C)C2(C)C. The van der Waals surface area contributed by atoms with E-state index in [1.54, 1.807) is 20.8 Å². The molecule has 1 aliphatic heterocycles. The van der Waals surface area contributed by atoms with Gasteiger partial charge in [-0.25, -0.2) is 4.79 Å². The van der Waals surface area contributed by atoms with Gasteiger partial charge in [0.2, 0.25) is 17.6 Å². The molecule has 2 fully saturated rings. The minimum atomic E-state index is -1.15. The normalized spacial score (nSPS) is 21.6. The Kier molecular flexibility index (Phi) is 12.3. The van der Waals surface area contributed by atoms with E-state index < -0.39 is 59.3 Å². The van der Waals surface area contributed by atoms with Crippen molar-refractivity contribution >= 4 is 35.6 Å². The molecule has 2 rings (SSSR count). The predicted molar refractivity (Wildman–Crippen MR) is 160 cm³/mol. The van der Waals surface area contributed by atoms with Gasteiger partial charge in [0.1, 0.15) is 17.7 Å². The molecule has 43 heavy (non-hydrogen) atoms. The largest absolute Gasteiger partial charge is 0.460 e. The molecule has 242 valence electrons. The second-order valence-corrected chi connectivity index (χ2v) is 13.4. The fourth-order valence-electron chi connectivity index (χ4n) is 5.58. The van der Waals surface area contributed by atoms with Gasteiger partial charge < -0.3 is 30.3 Å². The molecule has 5 atom stereocenters. The summed E-state index contributed by atoms with van der Waals surface area (Å²) in [6, 6.07) is -3.14. The predicted octanol–water partition coefficient (Wildman–Crippen LogP) is 2.50. The first-order valence-electron chi connectivity index (χ1n) is 15.1. The summed E-state index contributed by atoms with van der Waals surface area (Å²) < 4.78 is 10.6. The van der Waals surface area contributed by atoms with E-state index in [0.717, 1.165) is 0 Å². The molecule has 0 aromatic heterocycles. The van der Waals surface area contributed by atoms with Crippen LogP contribution in [0.25, 0.3) is 0 Å². The first-order valence-corrected chi connectivity index (χ1v) is 15.1. The monoisotopic (exact) mass is 606 g/mol. The molecule has 0 spiro atoms. The van der Waals surface area contributed by atoms with Crippen molar-refractivity contribution in [3.05, 3.63) is 12.7 Å². The van der Waals surface area contributed by atoms with Gasteiger partial charge in [0, 0.05) is 19.5 Å². The first-order chi connectivity index (χ1) is 19.9. The maximum Gasteiger partial charge on any atom is 0.407 e. The molecule has 5 unspecified atom stereocenters. The van der Waals surface area contributed by atoms with Gasteiger partial charge in [-0.1, -0.05) is 47.1 Å². The van der Waals surface area contributed by atoms with Crippen LogP contribution in [0.5, 0.6) is 0 Å². The molecule has 3 N–H and O–H groups in total. The summed E-state index contributed by atoms with van der Waals surface area (Å²) in [5.74, 6) is -3.28. The van der Waals surface area contributed by atoms with Gasteiger partial charge in [-0.15, -0.1) is 6.58 Å². The van der Waals surface area contributed by atoms with E-state index in [2.05, 4.69) is 22.5 Å². The molecule has 12 heteroatoms. The Morgan fingerprint density at radius 3 is 2.26 bits per heavy atom. The molecule has 4 amide bonds. The quantitative estimate of drug-likeness (QED) is 0.146. The zero-order chi connectivity index (χ0) is 32.7. The Bertz CT molecular complexity index is 1080. The number of nitrogens with zero attached hydrogens (tertiary/aromatic N) is 1. The van der Waals surface area contributed by atoms with E-state index in [0.29, 0.717) is 6.42 Å². The fourth-order valence-corrected chi connectivity index (χ4v) is 5.58. The molecular formula is C31H50N4O8. The van der Waals surface area contributed by atoms with Crippen molar-refractivity contribution < 1.29 is 38.2 Å². The number of nitrogens with one attached hydrogen (secondary N) is 3. The lowest BCUT2D eigenvalue weighted by molar-refractivity contribution is -0.155. The van der Waals surface area contributed by atoms with Gasteiger partial charge in [-0.05, 0) is 56.8 Å². The highest BCUT2D eigenvalue weighted by atomic mass is 16.6. The van der Waals surface area contributed by atoms with Crippen LogP contribution in [-0.2, 0) is 33.4 Å². The number of carbonyl (C=O) groups is 6. The number of amides is 4. The number of ether oxygens (including phenoxy) is 2. The average molecular weight is 607 g/mol. The van der Waals surface area contributed by atoms with E-state index in [1.807, 2.05) is 34.6 Å². The minimum absolute atomic E-state index is 0.0304. The highest BCUT2D eigenvalue weighted by Gasteiger charge is 2.69. The Morgan fingerprint density at radius 2 is 1.70 bits per heavy atom. The van der Waals surface area contributed by atoms with Crippen molar-refractivity contribution in [3.63, 3.8) is 0 Å². The molecule has 0 aromatic rings. The van der Waals surface area contributed by atoms with E-state index >= 15 is 0 Å². The number of rotatable bonds is 15. The van der Waals surface area contributed by atoms with Crippen LogP contribution in [0.2, 0.25) is 0 Å². The van der Waals surface area contributed by atoms with Crippen molar-refractivity contribution in [2.45, 2.75) is 105 Å². The number of carbonyl (C=O) groups excluding carboxylic acids is 6. The molecular weight excluding hydrogens is 556 g/mol. The summed E-state index contributed by atoms with van der Waals surface area (Å²) in [4.78, 5) is 79.4. The Morgan fingerprint density at radius 1 is 1.05 bits per heavy atom. The smallest absolute Gasteiger partial charge is 0.407 e. The third-order valence-corrected chi connectivity index (χ3v) is 7.80. The number of esters is 1. The van der Waals surface area contributed by atoms with Crippen molar-refractivity contribution in [1.82, 2.24) is 20.9 Å². The summed E-state index contributed by atoms with van der Waals surface area (Å²) in [6.07, 6.45) is 1.21. The Hall–Kier alpha value is -3.44. The Labute approximate surface area is 255 Å². The van der Waals surface area contributed by atoms with Gasteiger partial charge in [0.25, 0.3) is 5.91 Å². The molecule has 1 aliphatic carbocycles. The highest BCUT2D eigenvalue weighted by molar-refractivity contribution is 6.38. The van der Waals surface area contributed by atoms with E-state index in [1.165, 1.54) is 11.0 Å². The van der Waals surface area contributed by atoms with Crippen molar-refractivity contribution in [3.8, 4) is 0 Å². The van der Waals surface area contributed by atoms with Gasteiger partial charge in [0.15, 0.2) is 0 Å². The van der Waals surface area contributed by atoms with Crippen LogP contribution in [0.15, 0.2) is 12.7 Å². The summed E-state index contributed by atoms with van der Waals surface area (Å²) >= 11 is 0. The maximum atomic E-state index is 14.0. The topological polar surface area (TPSA) is 160 Å². The summed E-state index contributed by atoms with van der Waals surface area (Å²) in [6.45, 7) is 18.8. The molecule has 1 saturated carbocycles. The fraction of sp³-hybridized carbons (Fsp3) is 0.742. The first kappa shape index (κ1) is 35.8.